The summed E-state index contributed by atoms with van der Waals surface area (Å²) in [5, 5.41) is 9.62. The highest BCUT2D eigenvalue weighted by molar-refractivity contribution is 9.10. The molecule has 0 saturated carbocycles. The molecule has 0 aliphatic heterocycles. The molecule has 0 radical (unpaired) electrons. The number of hydrogen-bond donors (Lipinski definition) is 0. The number of fused-ring (bicyclic) bond motifs is 1. The maximum absolute atomic E-state index is 11.8. The third-order valence-electron chi connectivity index (χ3n) is 4.02. The van der Waals surface area contributed by atoms with E-state index in [1.807, 2.05) is 38.1 Å². The SMILES string of the molecule is Cc1cc(C)cc(-c2nnc(SCc3cc(=O)oc4cc(Br)ccc34)o2)c1. The number of thioether (sulfide) groups is 1. The molecular weight excluding hydrogens is 428 g/mol. The van der Waals surface area contributed by atoms with E-state index >= 15 is 0 Å². The molecule has 0 saturated heterocycles. The van der Waals surface area contributed by atoms with Crippen molar-refractivity contribution in [1.82, 2.24) is 10.2 Å². The molecular formula is C20H15BrN2O3S. The predicted octanol–water partition coefficient (Wildman–Crippen LogP) is 5.51. The summed E-state index contributed by atoms with van der Waals surface area (Å²) in [6.45, 7) is 4.07. The molecule has 0 unspecified atom stereocenters. The lowest BCUT2D eigenvalue weighted by molar-refractivity contribution is 0.465. The minimum absolute atomic E-state index is 0.377. The van der Waals surface area contributed by atoms with Crippen LogP contribution in [0.4, 0.5) is 0 Å². The van der Waals surface area contributed by atoms with Gasteiger partial charge in [0.25, 0.3) is 5.22 Å². The van der Waals surface area contributed by atoms with Crippen molar-refractivity contribution in [3.8, 4) is 11.5 Å². The van der Waals surface area contributed by atoms with E-state index in [0.29, 0.717) is 22.4 Å². The Kier molecular flexibility index (Phi) is 4.88. The Morgan fingerprint density at radius 3 is 2.56 bits per heavy atom. The number of aryl methyl sites for hydroxylation is 2. The summed E-state index contributed by atoms with van der Waals surface area (Å²) >= 11 is 4.78. The molecule has 0 bridgehead atoms. The molecule has 0 aliphatic rings. The van der Waals surface area contributed by atoms with Gasteiger partial charge < -0.3 is 8.83 Å². The first-order chi connectivity index (χ1) is 13.0. The Morgan fingerprint density at radius 2 is 1.78 bits per heavy atom. The molecule has 4 aromatic rings. The van der Waals surface area contributed by atoms with Crippen molar-refractivity contribution in [3.05, 3.63) is 74.0 Å². The molecule has 7 heteroatoms. The van der Waals surface area contributed by atoms with Crippen molar-refractivity contribution >= 4 is 38.7 Å². The fourth-order valence-corrected chi connectivity index (χ4v) is 4.04. The molecule has 0 N–H and O–H groups in total. The van der Waals surface area contributed by atoms with Crippen LogP contribution < -0.4 is 5.63 Å². The van der Waals surface area contributed by atoms with Gasteiger partial charge in [-0.1, -0.05) is 44.9 Å². The first-order valence-electron chi connectivity index (χ1n) is 8.25. The maximum atomic E-state index is 11.8. The molecule has 0 fully saturated rings. The van der Waals surface area contributed by atoms with Crippen LogP contribution in [0.2, 0.25) is 0 Å². The Labute approximate surface area is 167 Å². The zero-order valence-corrected chi connectivity index (χ0v) is 17.1. The lowest BCUT2D eigenvalue weighted by Crippen LogP contribution is -1.99. The van der Waals surface area contributed by atoms with Crippen LogP contribution in [0.5, 0.6) is 0 Å². The molecule has 0 aliphatic carbocycles. The van der Waals surface area contributed by atoms with Crippen molar-refractivity contribution in [1.29, 1.82) is 0 Å². The van der Waals surface area contributed by atoms with Crippen molar-refractivity contribution in [3.63, 3.8) is 0 Å². The Bertz CT molecular complexity index is 1180. The molecule has 2 heterocycles. The van der Waals surface area contributed by atoms with Gasteiger partial charge in [-0.2, -0.15) is 0 Å². The second-order valence-electron chi connectivity index (χ2n) is 6.27. The number of benzene rings is 2. The van der Waals surface area contributed by atoms with Crippen LogP contribution >= 0.6 is 27.7 Å². The van der Waals surface area contributed by atoms with Gasteiger partial charge in [0.05, 0.1) is 0 Å². The molecule has 136 valence electrons. The van der Waals surface area contributed by atoms with Gasteiger partial charge in [0.2, 0.25) is 5.89 Å². The minimum Gasteiger partial charge on any atom is -0.423 e. The van der Waals surface area contributed by atoms with Crippen molar-refractivity contribution in [2.45, 2.75) is 24.8 Å². The predicted molar refractivity (Wildman–Crippen MR) is 109 cm³/mol. The van der Waals surface area contributed by atoms with E-state index in [2.05, 4.69) is 32.2 Å². The molecule has 0 spiro atoms. The van der Waals surface area contributed by atoms with Crippen LogP contribution in [-0.2, 0) is 5.75 Å². The summed E-state index contributed by atoms with van der Waals surface area (Å²) in [5.74, 6) is 1.02. The highest BCUT2D eigenvalue weighted by Crippen LogP contribution is 2.29. The third-order valence-corrected chi connectivity index (χ3v) is 5.38. The van der Waals surface area contributed by atoms with Crippen molar-refractivity contribution in [2.24, 2.45) is 0 Å². The fourth-order valence-electron chi connectivity index (χ4n) is 2.95. The molecule has 27 heavy (non-hydrogen) atoms. The first kappa shape index (κ1) is 18.0. The fraction of sp³-hybridized carbons (Fsp3) is 0.150. The van der Waals surface area contributed by atoms with Crippen LogP contribution in [0.15, 0.2) is 65.8 Å². The van der Waals surface area contributed by atoms with Gasteiger partial charge in [0, 0.05) is 27.2 Å². The van der Waals surface area contributed by atoms with Crippen molar-refractivity contribution < 1.29 is 8.83 Å². The van der Waals surface area contributed by atoms with Crippen LogP contribution in [0.25, 0.3) is 22.4 Å². The Hall–Kier alpha value is -2.38. The summed E-state index contributed by atoms with van der Waals surface area (Å²) in [4.78, 5) is 11.8. The summed E-state index contributed by atoms with van der Waals surface area (Å²) in [6, 6.07) is 13.3. The van der Waals surface area contributed by atoms with Gasteiger partial charge >= 0.3 is 5.63 Å². The molecule has 2 aromatic heterocycles. The lowest BCUT2D eigenvalue weighted by Gasteiger charge is -2.04. The summed E-state index contributed by atoms with van der Waals surface area (Å²) < 4.78 is 11.9. The van der Waals surface area contributed by atoms with Gasteiger partial charge in [-0.3, -0.25) is 0 Å². The van der Waals surface area contributed by atoms with Gasteiger partial charge in [-0.15, -0.1) is 10.2 Å². The second-order valence-corrected chi connectivity index (χ2v) is 8.11. The number of nitrogens with zero attached hydrogens (tertiary/aromatic N) is 2. The third kappa shape index (κ3) is 3.99. The number of aromatic nitrogens is 2. The van der Waals surface area contributed by atoms with E-state index in [9.17, 15) is 4.79 Å². The molecule has 5 nitrogen and oxygen atoms in total. The van der Waals surface area contributed by atoms with E-state index in [-0.39, 0.29) is 5.63 Å². The number of hydrogen-bond acceptors (Lipinski definition) is 6. The van der Waals surface area contributed by atoms with Crippen LogP contribution in [0.3, 0.4) is 0 Å². The molecule has 0 atom stereocenters. The topological polar surface area (TPSA) is 69.1 Å². The minimum atomic E-state index is -0.377. The zero-order valence-electron chi connectivity index (χ0n) is 14.7. The molecule has 2 aromatic carbocycles. The van der Waals surface area contributed by atoms with Gasteiger partial charge in [0.15, 0.2) is 0 Å². The van der Waals surface area contributed by atoms with E-state index in [1.165, 1.54) is 17.8 Å². The highest BCUT2D eigenvalue weighted by atomic mass is 79.9. The number of rotatable bonds is 4. The van der Waals surface area contributed by atoms with Crippen LogP contribution in [0.1, 0.15) is 16.7 Å². The Balaban J connectivity index is 1.59. The average Bonchev–Trinajstić information content (AvgIpc) is 3.07. The Morgan fingerprint density at radius 1 is 1.00 bits per heavy atom. The van der Waals surface area contributed by atoms with E-state index in [4.69, 9.17) is 8.83 Å². The quantitative estimate of drug-likeness (QED) is 0.306. The summed E-state index contributed by atoms with van der Waals surface area (Å²) in [7, 11) is 0. The first-order valence-corrected chi connectivity index (χ1v) is 10.0. The van der Waals surface area contributed by atoms with Gasteiger partial charge in [0.1, 0.15) is 5.58 Å². The number of halogens is 1. The standard InChI is InChI=1S/C20H15BrN2O3S/c1-11-5-12(2)7-13(6-11)19-22-23-20(26-19)27-10-14-8-18(24)25-17-9-15(21)3-4-16(14)17/h3-9H,10H2,1-2H3. The van der Waals surface area contributed by atoms with Crippen molar-refractivity contribution in [2.75, 3.05) is 0 Å². The summed E-state index contributed by atoms with van der Waals surface area (Å²) in [5.41, 5.74) is 4.23. The smallest absolute Gasteiger partial charge is 0.336 e. The van der Waals surface area contributed by atoms with E-state index < -0.39 is 0 Å². The monoisotopic (exact) mass is 442 g/mol. The normalized spacial score (nSPS) is 11.2. The highest BCUT2D eigenvalue weighted by Gasteiger charge is 2.12. The maximum Gasteiger partial charge on any atom is 0.336 e. The van der Waals surface area contributed by atoms with Gasteiger partial charge in [-0.05, 0) is 49.7 Å². The molecule has 4 rings (SSSR count). The second kappa shape index (κ2) is 7.32. The van der Waals surface area contributed by atoms with E-state index in [0.717, 1.165) is 32.1 Å². The van der Waals surface area contributed by atoms with E-state index in [1.54, 1.807) is 6.07 Å². The van der Waals surface area contributed by atoms with Crippen LogP contribution in [0, 0.1) is 13.8 Å². The largest absolute Gasteiger partial charge is 0.423 e. The summed E-state index contributed by atoms with van der Waals surface area (Å²) in [6.07, 6.45) is 0. The van der Waals surface area contributed by atoms with Crippen LogP contribution in [-0.4, -0.2) is 10.2 Å². The zero-order chi connectivity index (χ0) is 19.0. The molecule has 0 amide bonds. The van der Waals surface area contributed by atoms with Gasteiger partial charge in [-0.25, -0.2) is 4.79 Å². The average molecular weight is 443 g/mol. The lowest BCUT2D eigenvalue weighted by atomic mass is 10.1.